The summed E-state index contributed by atoms with van der Waals surface area (Å²) in [6.07, 6.45) is 2.28. The van der Waals surface area contributed by atoms with Gasteiger partial charge >= 0.3 is 0 Å². The number of halogens is 1. The monoisotopic (exact) mass is 423 g/mol. The van der Waals surface area contributed by atoms with E-state index in [1.54, 1.807) is 25.1 Å². The summed E-state index contributed by atoms with van der Waals surface area (Å²) in [4.78, 5) is 20.5. The normalized spacial score (nSPS) is 17.4. The van der Waals surface area contributed by atoms with E-state index in [4.69, 9.17) is 4.74 Å². The number of aryl methyl sites for hydroxylation is 2. The molecule has 0 bridgehead atoms. The maximum absolute atomic E-state index is 13.4. The molecule has 0 N–H and O–H groups in total. The van der Waals surface area contributed by atoms with Gasteiger partial charge in [-0.3, -0.25) is 9.36 Å². The molecule has 3 aromatic rings. The van der Waals surface area contributed by atoms with Crippen molar-refractivity contribution in [2.75, 3.05) is 13.1 Å². The molecule has 0 radical (unpaired) electrons. The van der Waals surface area contributed by atoms with Crippen LogP contribution in [0.5, 0.6) is 11.5 Å². The maximum Gasteiger partial charge on any atom is 0.261 e. The van der Waals surface area contributed by atoms with Gasteiger partial charge in [0, 0.05) is 19.1 Å². The van der Waals surface area contributed by atoms with Gasteiger partial charge in [0.1, 0.15) is 23.1 Å². The lowest BCUT2D eigenvalue weighted by Crippen LogP contribution is -2.42. The smallest absolute Gasteiger partial charge is 0.261 e. The summed E-state index contributed by atoms with van der Waals surface area (Å²) in [6.45, 7) is 11.0. The second kappa shape index (κ2) is 8.79. The van der Waals surface area contributed by atoms with Crippen LogP contribution in [0, 0.1) is 25.6 Å². The molecule has 0 spiro atoms. The van der Waals surface area contributed by atoms with Gasteiger partial charge in [-0.1, -0.05) is 0 Å². The fourth-order valence-electron chi connectivity index (χ4n) is 4.42. The number of aromatic nitrogens is 2. The highest BCUT2D eigenvalue weighted by Gasteiger charge is 2.23. The van der Waals surface area contributed by atoms with Crippen LogP contribution in [0.2, 0.25) is 0 Å². The van der Waals surface area contributed by atoms with E-state index in [-0.39, 0.29) is 11.4 Å². The van der Waals surface area contributed by atoms with Crippen LogP contribution in [0.4, 0.5) is 4.39 Å². The van der Waals surface area contributed by atoms with Crippen molar-refractivity contribution in [1.29, 1.82) is 0 Å². The van der Waals surface area contributed by atoms with Gasteiger partial charge in [-0.2, -0.15) is 0 Å². The Morgan fingerprint density at radius 3 is 2.74 bits per heavy atom. The van der Waals surface area contributed by atoms with E-state index in [0.717, 1.165) is 31.8 Å². The number of rotatable bonds is 5. The standard InChI is InChI=1S/C25H30FN3O2/c1-16(2)28-11-5-6-19(14-28)15-29-18(4)27-23-9-8-21(13-22(23)25(29)30)31-24-10-7-20(26)12-17(24)3/h7-10,12-13,16,19H,5-6,11,14-15H2,1-4H3/t19-/m0/s1. The molecule has 0 amide bonds. The summed E-state index contributed by atoms with van der Waals surface area (Å²) in [5.41, 5.74) is 1.33. The Morgan fingerprint density at radius 1 is 1.19 bits per heavy atom. The summed E-state index contributed by atoms with van der Waals surface area (Å²) in [7, 11) is 0. The molecule has 4 rings (SSSR count). The first-order valence-corrected chi connectivity index (χ1v) is 11.0. The predicted octanol–water partition coefficient (Wildman–Crippen LogP) is 5.07. The number of nitrogens with zero attached hydrogens (tertiary/aromatic N) is 3. The van der Waals surface area contributed by atoms with Crippen molar-refractivity contribution in [2.45, 2.75) is 53.1 Å². The van der Waals surface area contributed by atoms with Gasteiger partial charge in [0.05, 0.1) is 10.9 Å². The molecule has 0 unspecified atom stereocenters. The fourth-order valence-corrected chi connectivity index (χ4v) is 4.42. The van der Waals surface area contributed by atoms with E-state index >= 15 is 0 Å². The van der Waals surface area contributed by atoms with Gasteiger partial charge in [-0.15, -0.1) is 0 Å². The van der Waals surface area contributed by atoms with Crippen molar-refractivity contribution in [3.05, 3.63) is 64.0 Å². The van der Waals surface area contributed by atoms with Gasteiger partial charge < -0.3 is 9.64 Å². The van der Waals surface area contributed by atoms with Gasteiger partial charge in [0.15, 0.2) is 0 Å². The molecule has 1 atom stereocenters. The molecule has 1 aliphatic rings. The van der Waals surface area contributed by atoms with Crippen LogP contribution in [-0.4, -0.2) is 33.6 Å². The largest absolute Gasteiger partial charge is 0.457 e. The van der Waals surface area contributed by atoms with Crippen molar-refractivity contribution in [3.63, 3.8) is 0 Å². The van der Waals surface area contributed by atoms with E-state index in [9.17, 15) is 9.18 Å². The average molecular weight is 424 g/mol. The minimum Gasteiger partial charge on any atom is -0.457 e. The van der Waals surface area contributed by atoms with Crippen LogP contribution in [0.15, 0.2) is 41.2 Å². The Morgan fingerprint density at radius 2 is 2.00 bits per heavy atom. The Bertz CT molecular complexity index is 1160. The van der Waals surface area contributed by atoms with Crippen molar-refractivity contribution in [2.24, 2.45) is 5.92 Å². The second-order valence-electron chi connectivity index (χ2n) is 8.86. The molecule has 0 aliphatic carbocycles. The lowest BCUT2D eigenvalue weighted by atomic mass is 9.96. The Balaban J connectivity index is 1.64. The van der Waals surface area contributed by atoms with Crippen molar-refractivity contribution in [3.8, 4) is 11.5 Å². The van der Waals surface area contributed by atoms with Crippen LogP contribution in [0.25, 0.3) is 10.9 Å². The van der Waals surface area contributed by atoms with E-state index in [1.165, 1.54) is 12.1 Å². The Kier molecular flexibility index (Phi) is 6.10. The second-order valence-corrected chi connectivity index (χ2v) is 8.86. The first kappa shape index (κ1) is 21.5. The third-order valence-electron chi connectivity index (χ3n) is 6.20. The highest BCUT2D eigenvalue weighted by atomic mass is 19.1. The molecule has 31 heavy (non-hydrogen) atoms. The van der Waals surface area contributed by atoms with Crippen molar-refractivity contribution >= 4 is 10.9 Å². The highest BCUT2D eigenvalue weighted by molar-refractivity contribution is 5.79. The van der Waals surface area contributed by atoms with E-state index in [1.807, 2.05) is 17.6 Å². The topological polar surface area (TPSA) is 47.4 Å². The van der Waals surface area contributed by atoms with Crippen LogP contribution in [0.3, 0.4) is 0 Å². The van der Waals surface area contributed by atoms with Crippen molar-refractivity contribution < 1.29 is 9.13 Å². The number of hydrogen-bond acceptors (Lipinski definition) is 4. The zero-order chi connectivity index (χ0) is 22.1. The predicted molar refractivity (Wildman–Crippen MR) is 121 cm³/mol. The average Bonchev–Trinajstić information content (AvgIpc) is 2.74. The molecule has 5 nitrogen and oxygen atoms in total. The van der Waals surface area contributed by atoms with Gasteiger partial charge in [0.25, 0.3) is 5.56 Å². The summed E-state index contributed by atoms with van der Waals surface area (Å²) in [5.74, 6) is 1.98. The quantitative estimate of drug-likeness (QED) is 0.575. The number of benzene rings is 2. The zero-order valence-corrected chi connectivity index (χ0v) is 18.7. The lowest BCUT2D eigenvalue weighted by Gasteiger charge is -2.35. The molecule has 0 saturated carbocycles. The molecular formula is C25H30FN3O2. The van der Waals surface area contributed by atoms with Crippen LogP contribution in [0.1, 0.15) is 38.1 Å². The van der Waals surface area contributed by atoms with Crippen LogP contribution < -0.4 is 10.3 Å². The number of fused-ring (bicyclic) bond motifs is 1. The first-order chi connectivity index (χ1) is 14.8. The molecule has 1 saturated heterocycles. The van der Waals surface area contributed by atoms with Gasteiger partial charge in [0.2, 0.25) is 0 Å². The summed E-state index contributed by atoms with van der Waals surface area (Å²) < 4.78 is 21.1. The zero-order valence-electron chi connectivity index (χ0n) is 18.7. The molecule has 1 aliphatic heterocycles. The SMILES string of the molecule is Cc1cc(F)ccc1Oc1ccc2nc(C)n(C[C@H]3CCCN(C(C)C)C3)c(=O)c2c1. The number of likely N-dealkylation sites (tertiary alicyclic amines) is 1. The Labute approximate surface area is 182 Å². The fraction of sp³-hybridized carbons (Fsp3) is 0.440. The van der Waals surface area contributed by atoms with Crippen LogP contribution >= 0.6 is 0 Å². The molecule has 164 valence electrons. The molecular weight excluding hydrogens is 393 g/mol. The summed E-state index contributed by atoms with van der Waals surface area (Å²) in [5, 5.41) is 0.541. The summed E-state index contributed by atoms with van der Waals surface area (Å²) >= 11 is 0. The minimum atomic E-state index is -0.301. The Hall–Kier alpha value is -2.73. The summed E-state index contributed by atoms with van der Waals surface area (Å²) in [6, 6.07) is 10.3. The van der Waals surface area contributed by atoms with Crippen LogP contribution in [-0.2, 0) is 6.54 Å². The molecule has 2 heterocycles. The van der Waals surface area contributed by atoms with E-state index in [2.05, 4.69) is 23.7 Å². The molecule has 1 fully saturated rings. The maximum atomic E-state index is 13.4. The van der Waals surface area contributed by atoms with Gasteiger partial charge in [-0.25, -0.2) is 9.37 Å². The number of hydrogen-bond donors (Lipinski definition) is 0. The minimum absolute atomic E-state index is 0.0366. The van der Waals surface area contributed by atoms with Gasteiger partial charge in [-0.05, 0) is 95.0 Å². The number of piperidine rings is 1. The third kappa shape index (κ3) is 4.64. The highest BCUT2D eigenvalue weighted by Crippen LogP contribution is 2.27. The van der Waals surface area contributed by atoms with E-state index in [0.29, 0.717) is 46.5 Å². The number of ether oxygens (including phenoxy) is 1. The molecule has 1 aromatic heterocycles. The van der Waals surface area contributed by atoms with Crippen molar-refractivity contribution in [1.82, 2.24) is 14.5 Å². The van der Waals surface area contributed by atoms with E-state index < -0.39 is 0 Å². The lowest BCUT2D eigenvalue weighted by molar-refractivity contribution is 0.129. The molecule has 6 heteroatoms. The third-order valence-corrected chi connectivity index (χ3v) is 6.20. The first-order valence-electron chi connectivity index (χ1n) is 11.0. The molecule has 2 aromatic carbocycles.